The van der Waals surface area contributed by atoms with Gasteiger partial charge in [-0.05, 0) is 26.0 Å². The van der Waals surface area contributed by atoms with Gasteiger partial charge in [0.25, 0.3) is 0 Å². The Kier molecular flexibility index (Phi) is 4.41. The van der Waals surface area contributed by atoms with Crippen molar-refractivity contribution in [3.05, 3.63) is 76.7 Å². The molecule has 29 heavy (non-hydrogen) atoms. The average Bonchev–Trinajstić information content (AvgIpc) is 3.43. The number of H-pyrrole nitrogens is 2. The average molecular weight is 400 g/mol. The smallest absolute Gasteiger partial charge is 0.206 e. The Morgan fingerprint density at radius 3 is 2.41 bits per heavy atom. The standard InChI is InChI=1S/C23H21N5S/c1-15(2)27-23-28(26-12-16-11-24-20-9-5-3-7-17(16)20)22(14-29-23)19-13-25-21-10-6-4-8-18(19)21/h3-15,24-25H,1-2H3. The zero-order valence-corrected chi connectivity index (χ0v) is 17.1. The van der Waals surface area contributed by atoms with E-state index in [-0.39, 0.29) is 6.04 Å². The van der Waals surface area contributed by atoms with E-state index in [2.05, 4.69) is 59.5 Å². The normalized spacial score (nSPS) is 12.9. The summed E-state index contributed by atoms with van der Waals surface area (Å²) in [4.78, 5) is 12.3. The van der Waals surface area contributed by atoms with Crippen LogP contribution in [0.1, 0.15) is 19.4 Å². The fourth-order valence-electron chi connectivity index (χ4n) is 3.51. The quantitative estimate of drug-likeness (QED) is 0.382. The summed E-state index contributed by atoms with van der Waals surface area (Å²) in [7, 11) is 0. The van der Waals surface area contributed by atoms with Gasteiger partial charge in [0.15, 0.2) is 0 Å². The van der Waals surface area contributed by atoms with Gasteiger partial charge in [-0.3, -0.25) is 4.99 Å². The van der Waals surface area contributed by atoms with Crippen molar-refractivity contribution in [2.75, 3.05) is 0 Å². The Hall–Kier alpha value is -3.38. The van der Waals surface area contributed by atoms with E-state index >= 15 is 0 Å². The van der Waals surface area contributed by atoms with Gasteiger partial charge in [0.05, 0.1) is 11.9 Å². The largest absolute Gasteiger partial charge is 0.361 e. The fourth-order valence-corrected chi connectivity index (χ4v) is 4.47. The molecule has 0 amide bonds. The number of rotatable bonds is 4. The predicted octanol–water partition coefficient (Wildman–Crippen LogP) is 5.37. The minimum absolute atomic E-state index is 0.194. The SMILES string of the molecule is CC(C)N=c1scc(-c2c[nH]c3ccccc23)n1N=Cc1c[nH]c2ccccc12. The number of nitrogens with one attached hydrogen (secondary N) is 2. The second-order valence-corrected chi connectivity index (χ2v) is 8.06. The number of aromatic nitrogens is 3. The summed E-state index contributed by atoms with van der Waals surface area (Å²) in [5.41, 5.74) is 5.43. The highest BCUT2D eigenvalue weighted by molar-refractivity contribution is 7.07. The van der Waals surface area contributed by atoms with Gasteiger partial charge in [0.1, 0.15) is 0 Å². The Morgan fingerprint density at radius 2 is 1.62 bits per heavy atom. The van der Waals surface area contributed by atoms with Crippen LogP contribution in [0.15, 0.2) is 76.4 Å². The van der Waals surface area contributed by atoms with Gasteiger partial charge in [0, 0.05) is 56.7 Å². The van der Waals surface area contributed by atoms with Crippen molar-refractivity contribution in [1.82, 2.24) is 14.6 Å². The van der Waals surface area contributed by atoms with Crippen LogP contribution in [0.5, 0.6) is 0 Å². The highest BCUT2D eigenvalue weighted by Crippen LogP contribution is 2.29. The number of thiazole rings is 1. The van der Waals surface area contributed by atoms with E-state index in [1.165, 1.54) is 5.39 Å². The molecule has 0 unspecified atom stereocenters. The monoisotopic (exact) mass is 399 g/mol. The summed E-state index contributed by atoms with van der Waals surface area (Å²) in [6.07, 6.45) is 5.94. The highest BCUT2D eigenvalue weighted by Gasteiger charge is 2.12. The molecular formula is C23H21N5S. The molecule has 0 saturated carbocycles. The molecule has 3 heterocycles. The van der Waals surface area contributed by atoms with E-state index in [0.29, 0.717) is 0 Å². The molecule has 0 fully saturated rings. The van der Waals surface area contributed by atoms with E-state index < -0.39 is 0 Å². The minimum Gasteiger partial charge on any atom is -0.361 e. The van der Waals surface area contributed by atoms with Crippen LogP contribution >= 0.6 is 11.3 Å². The van der Waals surface area contributed by atoms with Crippen molar-refractivity contribution in [1.29, 1.82) is 0 Å². The van der Waals surface area contributed by atoms with Crippen LogP contribution < -0.4 is 4.80 Å². The number of fused-ring (bicyclic) bond motifs is 2. The van der Waals surface area contributed by atoms with Crippen molar-refractivity contribution in [3.63, 3.8) is 0 Å². The molecule has 0 saturated heterocycles. The lowest BCUT2D eigenvalue weighted by Crippen LogP contribution is -2.14. The highest BCUT2D eigenvalue weighted by atomic mass is 32.1. The molecular weight excluding hydrogens is 378 g/mol. The molecule has 0 atom stereocenters. The summed E-state index contributed by atoms with van der Waals surface area (Å²) in [6.45, 7) is 4.16. The first kappa shape index (κ1) is 17.7. The molecule has 0 aliphatic heterocycles. The summed E-state index contributed by atoms with van der Waals surface area (Å²) in [5, 5.41) is 9.31. The first-order valence-electron chi connectivity index (χ1n) is 9.62. The maximum Gasteiger partial charge on any atom is 0.206 e. The van der Waals surface area contributed by atoms with Crippen LogP contribution in [-0.4, -0.2) is 26.9 Å². The third-order valence-electron chi connectivity index (χ3n) is 4.85. The fraction of sp³-hybridized carbons (Fsp3) is 0.130. The van der Waals surface area contributed by atoms with Crippen molar-refractivity contribution >= 4 is 39.4 Å². The molecule has 6 heteroatoms. The summed E-state index contributed by atoms with van der Waals surface area (Å²) >= 11 is 1.61. The van der Waals surface area contributed by atoms with Gasteiger partial charge in [0.2, 0.25) is 4.80 Å². The predicted molar refractivity (Wildman–Crippen MR) is 122 cm³/mol. The number of aromatic amines is 2. The molecule has 5 nitrogen and oxygen atoms in total. The van der Waals surface area contributed by atoms with Crippen molar-refractivity contribution < 1.29 is 0 Å². The zero-order valence-electron chi connectivity index (χ0n) is 16.3. The molecule has 0 aliphatic carbocycles. The van der Waals surface area contributed by atoms with Gasteiger partial charge < -0.3 is 9.97 Å². The van der Waals surface area contributed by atoms with Crippen LogP contribution in [0.3, 0.4) is 0 Å². The van der Waals surface area contributed by atoms with Gasteiger partial charge >= 0.3 is 0 Å². The number of hydrogen-bond acceptors (Lipinski definition) is 3. The molecule has 0 spiro atoms. The van der Waals surface area contributed by atoms with Crippen molar-refractivity contribution in [2.45, 2.75) is 19.9 Å². The summed E-state index contributed by atoms with van der Waals surface area (Å²) in [5.74, 6) is 0. The van der Waals surface area contributed by atoms with Crippen LogP contribution in [0, 0.1) is 0 Å². The van der Waals surface area contributed by atoms with Gasteiger partial charge in [-0.1, -0.05) is 36.4 Å². The second kappa shape index (κ2) is 7.22. The molecule has 2 N–H and O–H groups in total. The number of benzene rings is 2. The molecule has 5 rings (SSSR count). The maximum atomic E-state index is 4.85. The zero-order chi connectivity index (χ0) is 19.8. The topological polar surface area (TPSA) is 61.2 Å². The lowest BCUT2D eigenvalue weighted by Gasteiger charge is -2.03. The van der Waals surface area contributed by atoms with Gasteiger partial charge in [-0.15, -0.1) is 11.3 Å². The molecule has 0 radical (unpaired) electrons. The Morgan fingerprint density at radius 1 is 0.931 bits per heavy atom. The van der Waals surface area contributed by atoms with Crippen LogP contribution in [0.25, 0.3) is 33.1 Å². The maximum absolute atomic E-state index is 4.85. The number of nitrogens with zero attached hydrogens (tertiary/aromatic N) is 3. The van der Waals surface area contributed by atoms with Crippen LogP contribution in [-0.2, 0) is 0 Å². The van der Waals surface area contributed by atoms with Crippen LogP contribution in [0.2, 0.25) is 0 Å². The van der Waals surface area contributed by atoms with E-state index in [9.17, 15) is 0 Å². The summed E-state index contributed by atoms with van der Waals surface area (Å²) < 4.78 is 1.95. The molecule has 5 aromatic rings. The van der Waals surface area contributed by atoms with Gasteiger partial charge in [-0.25, -0.2) is 4.68 Å². The Labute approximate surface area is 172 Å². The molecule has 0 bridgehead atoms. The third-order valence-corrected chi connectivity index (χ3v) is 5.68. The van der Waals surface area contributed by atoms with E-state index in [1.807, 2.05) is 41.5 Å². The van der Waals surface area contributed by atoms with E-state index in [4.69, 9.17) is 10.1 Å². The van der Waals surface area contributed by atoms with E-state index in [0.717, 1.165) is 38.0 Å². The molecule has 144 valence electrons. The molecule has 0 aliphatic rings. The lowest BCUT2D eigenvalue weighted by atomic mass is 10.1. The first-order valence-corrected chi connectivity index (χ1v) is 10.5. The second-order valence-electron chi connectivity index (χ2n) is 7.22. The van der Waals surface area contributed by atoms with Crippen molar-refractivity contribution in [2.24, 2.45) is 10.1 Å². The van der Waals surface area contributed by atoms with Crippen molar-refractivity contribution in [3.8, 4) is 11.3 Å². The van der Waals surface area contributed by atoms with Gasteiger partial charge in [-0.2, -0.15) is 5.10 Å². The summed E-state index contributed by atoms with van der Waals surface area (Å²) in [6, 6.07) is 16.8. The number of para-hydroxylation sites is 2. The Balaban J connectivity index is 1.67. The van der Waals surface area contributed by atoms with Crippen LogP contribution in [0.4, 0.5) is 0 Å². The molecule has 2 aromatic carbocycles. The first-order chi connectivity index (χ1) is 14.2. The minimum atomic E-state index is 0.194. The number of hydrogen-bond donors (Lipinski definition) is 2. The molecule has 3 aromatic heterocycles. The lowest BCUT2D eigenvalue weighted by molar-refractivity contribution is 0.755. The van der Waals surface area contributed by atoms with E-state index in [1.54, 1.807) is 11.3 Å². The third kappa shape index (κ3) is 3.21. The Bertz CT molecular complexity index is 1390.